The summed E-state index contributed by atoms with van der Waals surface area (Å²) in [6.07, 6.45) is 8.07. The lowest BCUT2D eigenvalue weighted by atomic mass is 10.0. The van der Waals surface area contributed by atoms with Gasteiger partial charge in [-0.1, -0.05) is 45.2 Å². The Labute approximate surface area is 134 Å². The molecular formula is C19H28O3. The number of esters is 1. The number of carbonyl (C=O) groups is 1. The Morgan fingerprint density at radius 3 is 2.50 bits per heavy atom. The van der Waals surface area contributed by atoms with Crippen molar-refractivity contribution in [3.63, 3.8) is 0 Å². The maximum Gasteiger partial charge on any atom is 0.330 e. The minimum absolute atomic E-state index is 0.315. The predicted molar refractivity (Wildman–Crippen MR) is 90.9 cm³/mol. The summed E-state index contributed by atoms with van der Waals surface area (Å²) in [7, 11) is 0. The lowest BCUT2D eigenvalue weighted by Gasteiger charge is -2.15. The van der Waals surface area contributed by atoms with Gasteiger partial charge in [-0.15, -0.1) is 0 Å². The van der Waals surface area contributed by atoms with Crippen molar-refractivity contribution in [2.45, 2.75) is 46.5 Å². The molecule has 3 nitrogen and oxygen atoms in total. The van der Waals surface area contributed by atoms with Crippen LogP contribution < -0.4 is 4.74 Å². The van der Waals surface area contributed by atoms with Crippen LogP contribution in [0, 0.1) is 5.92 Å². The molecule has 22 heavy (non-hydrogen) atoms. The molecule has 0 N–H and O–H groups in total. The van der Waals surface area contributed by atoms with Gasteiger partial charge in [-0.3, -0.25) is 0 Å². The summed E-state index contributed by atoms with van der Waals surface area (Å²) in [5, 5.41) is 0. The number of carbonyl (C=O) groups excluding carboxylic acids is 1. The predicted octanol–water partition coefficient (Wildman–Crippen LogP) is 4.86. The highest BCUT2D eigenvalue weighted by Crippen LogP contribution is 2.17. The van der Waals surface area contributed by atoms with Crippen LogP contribution in [0.2, 0.25) is 0 Å². The molecule has 1 unspecified atom stereocenters. The van der Waals surface area contributed by atoms with E-state index in [1.165, 1.54) is 25.3 Å². The van der Waals surface area contributed by atoms with Crippen molar-refractivity contribution in [1.29, 1.82) is 0 Å². The van der Waals surface area contributed by atoms with E-state index in [4.69, 9.17) is 9.47 Å². The summed E-state index contributed by atoms with van der Waals surface area (Å²) in [6.45, 7) is 7.39. The molecule has 1 rings (SSSR count). The minimum atomic E-state index is -0.315. The van der Waals surface area contributed by atoms with Crippen LogP contribution in [0.5, 0.6) is 5.75 Å². The molecule has 0 saturated carbocycles. The number of ether oxygens (including phenoxy) is 2. The quantitative estimate of drug-likeness (QED) is 0.457. The molecule has 0 spiro atoms. The van der Waals surface area contributed by atoms with E-state index in [0.29, 0.717) is 12.5 Å². The third-order valence-electron chi connectivity index (χ3n) is 3.61. The maximum atomic E-state index is 11.2. The van der Waals surface area contributed by atoms with Crippen LogP contribution in [-0.2, 0) is 9.53 Å². The molecular weight excluding hydrogens is 276 g/mol. The second kappa shape index (κ2) is 10.9. The number of unbranched alkanes of at least 4 members (excludes halogenated alkanes) is 1. The maximum absolute atomic E-state index is 11.2. The standard InChI is InChI=1S/C19H28O3/c1-4-7-8-16(5-2)15-22-18-12-9-17(10-13-18)11-14-19(20)21-6-3/h9-14,16H,4-8,15H2,1-3H3/b14-11+. The van der Waals surface area contributed by atoms with E-state index >= 15 is 0 Å². The summed E-state index contributed by atoms with van der Waals surface area (Å²) < 4.78 is 10.7. The third-order valence-corrected chi connectivity index (χ3v) is 3.61. The van der Waals surface area contributed by atoms with Crippen molar-refractivity contribution in [1.82, 2.24) is 0 Å². The molecule has 122 valence electrons. The highest BCUT2D eigenvalue weighted by atomic mass is 16.5. The molecule has 0 fully saturated rings. The van der Waals surface area contributed by atoms with Gasteiger partial charge in [0.15, 0.2) is 0 Å². The van der Waals surface area contributed by atoms with Crippen LogP contribution in [0.4, 0.5) is 0 Å². The van der Waals surface area contributed by atoms with Crippen LogP contribution in [-0.4, -0.2) is 19.2 Å². The molecule has 1 aromatic carbocycles. The fourth-order valence-electron chi connectivity index (χ4n) is 2.14. The van der Waals surface area contributed by atoms with E-state index in [1.807, 2.05) is 24.3 Å². The number of hydrogen-bond donors (Lipinski definition) is 0. The van der Waals surface area contributed by atoms with Gasteiger partial charge in [-0.05, 0) is 43.0 Å². The molecule has 0 aromatic heterocycles. The first-order chi connectivity index (χ1) is 10.7. The van der Waals surface area contributed by atoms with Crippen molar-refractivity contribution < 1.29 is 14.3 Å². The molecule has 0 aliphatic carbocycles. The highest BCUT2D eigenvalue weighted by Gasteiger charge is 2.06. The smallest absolute Gasteiger partial charge is 0.330 e. The van der Waals surface area contributed by atoms with E-state index < -0.39 is 0 Å². The Balaban J connectivity index is 2.45. The molecule has 3 heteroatoms. The van der Waals surface area contributed by atoms with Gasteiger partial charge in [0.05, 0.1) is 13.2 Å². The van der Waals surface area contributed by atoms with Gasteiger partial charge >= 0.3 is 5.97 Å². The fourth-order valence-corrected chi connectivity index (χ4v) is 2.14. The Kier molecular flexibility index (Phi) is 9.04. The normalized spacial score (nSPS) is 12.3. The largest absolute Gasteiger partial charge is 0.493 e. The average Bonchev–Trinajstić information content (AvgIpc) is 2.54. The Bertz CT molecular complexity index is 448. The summed E-state index contributed by atoms with van der Waals surface area (Å²) in [6, 6.07) is 7.77. The zero-order chi connectivity index (χ0) is 16.2. The average molecular weight is 304 g/mol. The van der Waals surface area contributed by atoms with Gasteiger partial charge in [0.2, 0.25) is 0 Å². The van der Waals surface area contributed by atoms with Crippen molar-refractivity contribution >= 4 is 12.0 Å². The molecule has 1 aromatic rings. The SMILES string of the molecule is CCCCC(CC)COc1ccc(/C=C/C(=O)OCC)cc1. The monoisotopic (exact) mass is 304 g/mol. The lowest BCUT2D eigenvalue weighted by molar-refractivity contribution is -0.137. The van der Waals surface area contributed by atoms with Crippen LogP contribution in [0.25, 0.3) is 6.08 Å². The Hall–Kier alpha value is -1.77. The Morgan fingerprint density at radius 2 is 1.91 bits per heavy atom. The number of rotatable bonds is 10. The van der Waals surface area contributed by atoms with Crippen LogP contribution >= 0.6 is 0 Å². The van der Waals surface area contributed by atoms with Crippen molar-refractivity contribution in [3.8, 4) is 5.75 Å². The topological polar surface area (TPSA) is 35.5 Å². The van der Waals surface area contributed by atoms with Gasteiger partial charge in [0.25, 0.3) is 0 Å². The van der Waals surface area contributed by atoms with Crippen LogP contribution in [0.1, 0.15) is 52.0 Å². The molecule has 0 radical (unpaired) electrons. The molecule has 0 bridgehead atoms. The van der Waals surface area contributed by atoms with Crippen molar-refractivity contribution in [2.75, 3.05) is 13.2 Å². The fraction of sp³-hybridized carbons (Fsp3) is 0.526. The van der Waals surface area contributed by atoms with E-state index in [9.17, 15) is 4.79 Å². The van der Waals surface area contributed by atoms with Crippen molar-refractivity contribution in [2.24, 2.45) is 5.92 Å². The molecule has 0 aliphatic rings. The van der Waals surface area contributed by atoms with Crippen LogP contribution in [0.15, 0.2) is 30.3 Å². The molecule has 0 aliphatic heterocycles. The summed E-state index contributed by atoms with van der Waals surface area (Å²) >= 11 is 0. The molecule has 0 heterocycles. The van der Waals surface area contributed by atoms with Gasteiger partial charge in [0, 0.05) is 6.08 Å². The van der Waals surface area contributed by atoms with Gasteiger partial charge < -0.3 is 9.47 Å². The first kappa shape index (κ1) is 18.3. The van der Waals surface area contributed by atoms with Crippen LogP contribution in [0.3, 0.4) is 0 Å². The van der Waals surface area contributed by atoms with E-state index in [-0.39, 0.29) is 5.97 Å². The highest BCUT2D eigenvalue weighted by molar-refractivity contribution is 5.87. The minimum Gasteiger partial charge on any atom is -0.493 e. The third kappa shape index (κ3) is 7.30. The number of benzene rings is 1. The second-order valence-electron chi connectivity index (χ2n) is 5.38. The molecule has 0 amide bonds. The summed E-state index contributed by atoms with van der Waals surface area (Å²) in [5.41, 5.74) is 0.957. The van der Waals surface area contributed by atoms with Gasteiger partial charge in [0.1, 0.15) is 5.75 Å². The molecule has 0 saturated heterocycles. The van der Waals surface area contributed by atoms with E-state index in [2.05, 4.69) is 13.8 Å². The first-order valence-corrected chi connectivity index (χ1v) is 8.27. The number of hydrogen-bond acceptors (Lipinski definition) is 3. The molecule has 1 atom stereocenters. The van der Waals surface area contributed by atoms with Gasteiger partial charge in [-0.25, -0.2) is 4.79 Å². The zero-order valence-corrected chi connectivity index (χ0v) is 14.0. The van der Waals surface area contributed by atoms with E-state index in [0.717, 1.165) is 24.3 Å². The van der Waals surface area contributed by atoms with Crippen molar-refractivity contribution in [3.05, 3.63) is 35.9 Å². The summed E-state index contributed by atoms with van der Waals surface area (Å²) in [4.78, 5) is 11.2. The zero-order valence-electron chi connectivity index (χ0n) is 14.0. The van der Waals surface area contributed by atoms with Gasteiger partial charge in [-0.2, -0.15) is 0 Å². The Morgan fingerprint density at radius 1 is 1.18 bits per heavy atom. The summed E-state index contributed by atoms with van der Waals surface area (Å²) in [5.74, 6) is 1.19. The van der Waals surface area contributed by atoms with E-state index in [1.54, 1.807) is 13.0 Å². The second-order valence-corrected chi connectivity index (χ2v) is 5.38. The lowest BCUT2D eigenvalue weighted by Crippen LogP contribution is -2.11. The first-order valence-electron chi connectivity index (χ1n) is 8.27.